The van der Waals surface area contributed by atoms with E-state index in [-0.39, 0.29) is 40.7 Å². The maximum Gasteiger partial charge on any atom is 0.314 e. The fraction of sp³-hybridized carbons (Fsp3) is 0.226. The van der Waals surface area contributed by atoms with Crippen LogP contribution in [0.25, 0.3) is 27.8 Å². The van der Waals surface area contributed by atoms with Gasteiger partial charge in [0, 0.05) is 24.1 Å². The Kier molecular flexibility index (Phi) is 5.91. The number of nitrogens with one attached hydrogen (secondary N) is 1. The van der Waals surface area contributed by atoms with E-state index in [1.54, 1.807) is 36.0 Å². The SMILES string of the molecule is C=C(C)OC(=O)C1CC1c1ccc(-c2cccc(-n3cc(C(=O)NC4CC4)c(=O)c4cccnc43)c2)cc1. The van der Waals surface area contributed by atoms with Crippen molar-refractivity contribution in [2.45, 2.75) is 38.1 Å². The van der Waals surface area contributed by atoms with Crippen LogP contribution in [0.15, 0.2) is 90.2 Å². The van der Waals surface area contributed by atoms with Crippen LogP contribution in [-0.4, -0.2) is 27.5 Å². The zero-order valence-electron chi connectivity index (χ0n) is 21.0. The van der Waals surface area contributed by atoms with E-state index in [2.05, 4.69) is 29.0 Å². The van der Waals surface area contributed by atoms with Crippen LogP contribution in [0.5, 0.6) is 0 Å². The second-order valence-corrected chi connectivity index (χ2v) is 10.1. The lowest BCUT2D eigenvalue weighted by atomic mass is 10.0. The first-order valence-corrected chi connectivity index (χ1v) is 12.8. The number of nitrogens with zero attached hydrogens (tertiary/aromatic N) is 2. The Morgan fingerprint density at radius 3 is 2.58 bits per heavy atom. The summed E-state index contributed by atoms with van der Waals surface area (Å²) in [6.45, 7) is 5.32. The highest BCUT2D eigenvalue weighted by molar-refractivity contribution is 5.97. The van der Waals surface area contributed by atoms with Gasteiger partial charge in [0.05, 0.1) is 17.1 Å². The molecule has 1 amide bonds. The number of amides is 1. The third kappa shape index (κ3) is 4.63. The molecule has 2 fully saturated rings. The molecular weight excluding hydrogens is 478 g/mol. The number of rotatable bonds is 7. The largest absolute Gasteiger partial charge is 0.432 e. The van der Waals surface area contributed by atoms with Crippen molar-refractivity contribution in [1.29, 1.82) is 0 Å². The number of hydrogen-bond donors (Lipinski definition) is 1. The van der Waals surface area contributed by atoms with Gasteiger partial charge >= 0.3 is 5.97 Å². The number of ether oxygens (including phenoxy) is 1. The summed E-state index contributed by atoms with van der Waals surface area (Å²) >= 11 is 0. The van der Waals surface area contributed by atoms with Gasteiger partial charge in [-0.15, -0.1) is 0 Å². The predicted molar refractivity (Wildman–Crippen MR) is 145 cm³/mol. The van der Waals surface area contributed by atoms with Gasteiger partial charge < -0.3 is 14.6 Å². The van der Waals surface area contributed by atoms with Gasteiger partial charge in [0.15, 0.2) is 0 Å². The Balaban J connectivity index is 1.31. The number of hydrogen-bond acceptors (Lipinski definition) is 5. The highest BCUT2D eigenvalue weighted by Crippen LogP contribution is 2.48. The van der Waals surface area contributed by atoms with Gasteiger partial charge in [-0.2, -0.15) is 0 Å². The maximum atomic E-state index is 13.1. The lowest BCUT2D eigenvalue weighted by molar-refractivity contribution is -0.140. The van der Waals surface area contributed by atoms with Gasteiger partial charge in [-0.05, 0) is 73.1 Å². The Morgan fingerprint density at radius 2 is 1.84 bits per heavy atom. The number of carbonyl (C=O) groups is 2. The smallest absolute Gasteiger partial charge is 0.314 e. The van der Waals surface area contributed by atoms with E-state index in [1.165, 1.54) is 0 Å². The number of aromatic nitrogens is 2. The first-order chi connectivity index (χ1) is 18.4. The van der Waals surface area contributed by atoms with Crippen molar-refractivity contribution in [1.82, 2.24) is 14.9 Å². The normalized spacial score (nSPS) is 18.1. The molecule has 0 aliphatic heterocycles. The fourth-order valence-electron chi connectivity index (χ4n) is 4.84. The summed E-state index contributed by atoms with van der Waals surface area (Å²) in [7, 11) is 0. The average Bonchev–Trinajstić information content (AvgIpc) is 3.85. The van der Waals surface area contributed by atoms with Crippen LogP contribution in [0.1, 0.15) is 48.0 Å². The van der Waals surface area contributed by atoms with E-state index in [0.29, 0.717) is 16.8 Å². The van der Waals surface area contributed by atoms with Crippen molar-refractivity contribution >= 4 is 22.9 Å². The summed E-state index contributed by atoms with van der Waals surface area (Å²) in [6, 6.07) is 19.7. The van der Waals surface area contributed by atoms with Crippen molar-refractivity contribution in [3.8, 4) is 16.8 Å². The molecule has 6 rings (SSSR count). The summed E-state index contributed by atoms with van der Waals surface area (Å²) in [4.78, 5) is 42.6. The Labute approximate surface area is 219 Å². The van der Waals surface area contributed by atoms with Gasteiger partial charge in [-0.25, -0.2) is 4.98 Å². The second kappa shape index (κ2) is 9.41. The van der Waals surface area contributed by atoms with Crippen molar-refractivity contribution < 1.29 is 14.3 Å². The molecular formula is C31H27N3O4. The molecule has 2 aromatic carbocycles. The van der Waals surface area contributed by atoms with Gasteiger partial charge in [0.1, 0.15) is 11.2 Å². The monoisotopic (exact) mass is 505 g/mol. The molecule has 7 heteroatoms. The zero-order chi connectivity index (χ0) is 26.4. The van der Waals surface area contributed by atoms with Crippen molar-refractivity contribution in [3.05, 3.63) is 107 Å². The molecule has 0 bridgehead atoms. The van der Waals surface area contributed by atoms with E-state index in [4.69, 9.17) is 4.74 Å². The third-order valence-electron chi connectivity index (χ3n) is 7.08. The van der Waals surface area contributed by atoms with Gasteiger partial charge in [0.2, 0.25) is 5.43 Å². The second-order valence-electron chi connectivity index (χ2n) is 10.1. The first kappa shape index (κ1) is 23.9. The topological polar surface area (TPSA) is 90.3 Å². The van der Waals surface area contributed by atoms with E-state index >= 15 is 0 Å². The van der Waals surface area contributed by atoms with E-state index in [0.717, 1.165) is 41.6 Å². The molecule has 0 radical (unpaired) electrons. The summed E-state index contributed by atoms with van der Waals surface area (Å²) in [5.41, 5.74) is 4.18. The van der Waals surface area contributed by atoms with Crippen LogP contribution >= 0.6 is 0 Å². The van der Waals surface area contributed by atoms with E-state index < -0.39 is 0 Å². The quantitative estimate of drug-likeness (QED) is 0.278. The highest BCUT2D eigenvalue weighted by atomic mass is 16.5. The van der Waals surface area contributed by atoms with Crippen LogP contribution in [0.3, 0.4) is 0 Å². The lowest BCUT2D eigenvalue weighted by Gasteiger charge is -2.14. The number of pyridine rings is 2. The average molecular weight is 506 g/mol. The van der Waals surface area contributed by atoms with Gasteiger partial charge in [-0.1, -0.05) is 43.0 Å². The summed E-state index contributed by atoms with van der Waals surface area (Å²) in [5, 5.41) is 3.32. The van der Waals surface area contributed by atoms with E-state index in [1.807, 2.05) is 36.4 Å². The molecule has 0 saturated heterocycles. The lowest BCUT2D eigenvalue weighted by Crippen LogP contribution is -2.31. The minimum atomic E-state index is -0.353. The summed E-state index contributed by atoms with van der Waals surface area (Å²) < 4.78 is 6.98. The molecule has 2 aliphatic rings. The standard InChI is InChI=1S/C31H27N3O4/c1-18(2)38-31(37)26-16-25(26)20-10-8-19(9-11-20)21-5-3-6-23(15-21)34-17-27(30(36)33-22-12-13-22)28(35)24-7-4-14-32-29(24)34/h3-11,14-15,17,22,25-26H,1,12-13,16H2,2H3,(H,33,36). The Bertz CT molecular complexity index is 1650. The van der Waals surface area contributed by atoms with Crippen LogP contribution in [0.2, 0.25) is 0 Å². The third-order valence-corrected chi connectivity index (χ3v) is 7.08. The Morgan fingerprint density at radius 1 is 1.05 bits per heavy atom. The van der Waals surface area contributed by atoms with Crippen LogP contribution in [0, 0.1) is 5.92 Å². The van der Waals surface area contributed by atoms with Gasteiger partial charge in [-0.3, -0.25) is 14.4 Å². The van der Waals surface area contributed by atoms with Crippen molar-refractivity contribution in [2.24, 2.45) is 5.92 Å². The minimum absolute atomic E-state index is 0.108. The van der Waals surface area contributed by atoms with Crippen molar-refractivity contribution in [2.75, 3.05) is 0 Å². The number of allylic oxidation sites excluding steroid dienone is 1. The first-order valence-electron chi connectivity index (χ1n) is 12.8. The molecule has 190 valence electrons. The predicted octanol–water partition coefficient (Wildman–Crippen LogP) is 5.13. The molecule has 38 heavy (non-hydrogen) atoms. The van der Waals surface area contributed by atoms with Crippen LogP contribution in [0.4, 0.5) is 0 Å². The molecule has 2 aliphatic carbocycles. The Hall–Kier alpha value is -4.52. The molecule has 7 nitrogen and oxygen atoms in total. The number of fused-ring (bicyclic) bond motifs is 1. The molecule has 2 atom stereocenters. The van der Waals surface area contributed by atoms with Gasteiger partial charge in [0.25, 0.3) is 5.91 Å². The fourth-order valence-corrected chi connectivity index (χ4v) is 4.84. The summed E-state index contributed by atoms with van der Waals surface area (Å²) in [5.74, 6) is -0.104. The summed E-state index contributed by atoms with van der Waals surface area (Å²) in [6.07, 6.45) is 5.90. The number of benzene rings is 2. The molecule has 1 N–H and O–H groups in total. The minimum Gasteiger partial charge on any atom is -0.432 e. The zero-order valence-corrected chi connectivity index (χ0v) is 21.0. The maximum absolute atomic E-state index is 13.1. The molecule has 4 aromatic rings. The number of carbonyl (C=O) groups excluding carboxylic acids is 2. The molecule has 2 aromatic heterocycles. The number of esters is 1. The molecule has 2 saturated carbocycles. The molecule has 0 spiro atoms. The van der Waals surface area contributed by atoms with Crippen LogP contribution in [-0.2, 0) is 9.53 Å². The molecule has 2 unspecified atom stereocenters. The van der Waals surface area contributed by atoms with E-state index in [9.17, 15) is 14.4 Å². The highest BCUT2D eigenvalue weighted by Gasteiger charge is 2.45. The molecule has 2 heterocycles. The van der Waals surface area contributed by atoms with Crippen molar-refractivity contribution in [3.63, 3.8) is 0 Å². The van der Waals surface area contributed by atoms with Crippen LogP contribution < -0.4 is 10.7 Å².